The van der Waals surface area contributed by atoms with Gasteiger partial charge in [-0.1, -0.05) is 35.9 Å². The summed E-state index contributed by atoms with van der Waals surface area (Å²) in [5, 5.41) is 4.86. The van der Waals surface area contributed by atoms with Crippen molar-refractivity contribution in [3.63, 3.8) is 0 Å². The molecule has 0 radical (unpaired) electrons. The summed E-state index contributed by atoms with van der Waals surface area (Å²) < 4.78 is 7.96. The largest absolute Gasteiger partial charge is 0.491 e. The van der Waals surface area contributed by atoms with Crippen LogP contribution in [-0.2, 0) is 13.1 Å². The minimum absolute atomic E-state index is 0.0816. The van der Waals surface area contributed by atoms with E-state index in [-0.39, 0.29) is 12.0 Å². The zero-order valence-corrected chi connectivity index (χ0v) is 20.2. The van der Waals surface area contributed by atoms with Crippen molar-refractivity contribution >= 4 is 28.4 Å². The van der Waals surface area contributed by atoms with Crippen LogP contribution in [-0.4, -0.2) is 16.6 Å². The first kappa shape index (κ1) is 22.9. The first-order chi connectivity index (χ1) is 15.8. The number of ether oxygens (including phenoxy) is 1. The molecule has 1 aromatic heterocycles. The van der Waals surface area contributed by atoms with Gasteiger partial charge in [0.15, 0.2) is 0 Å². The van der Waals surface area contributed by atoms with Gasteiger partial charge in [0, 0.05) is 40.3 Å². The smallest absolute Gasteiger partial charge is 0.251 e. The lowest BCUT2D eigenvalue weighted by molar-refractivity contribution is 0.0951. The Bertz CT molecular complexity index is 1270. The number of nitrogens with one attached hydrogen (secondary N) is 1. The van der Waals surface area contributed by atoms with Crippen molar-refractivity contribution in [2.45, 2.75) is 46.9 Å². The van der Waals surface area contributed by atoms with Crippen LogP contribution < -0.4 is 10.1 Å². The molecule has 0 aliphatic carbocycles. The number of rotatable bonds is 7. The highest BCUT2D eigenvalue weighted by Gasteiger charge is 2.14. The molecule has 0 unspecified atom stereocenters. The fraction of sp³-hybridized carbons (Fsp3) is 0.250. The van der Waals surface area contributed by atoms with Crippen LogP contribution in [0.15, 0.2) is 66.7 Å². The summed E-state index contributed by atoms with van der Waals surface area (Å²) in [7, 11) is 0. The Morgan fingerprint density at radius 3 is 2.30 bits per heavy atom. The Kier molecular flexibility index (Phi) is 6.75. The number of carbonyl (C=O) groups excluding carboxylic acids is 1. The molecule has 0 saturated carbocycles. The SMILES string of the molecule is Cc1c(C)n(Cc2ccc(Cl)cc2)c2ccc(C(=O)NCc3ccc(OC(C)C)cc3)cc12. The molecule has 1 N–H and O–H groups in total. The van der Waals surface area contributed by atoms with Gasteiger partial charge in [-0.25, -0.2) is 0 Å². The topological polar surface area (TPSA) is 43.3 Å². The summed E-state index contributed by atoms with van der Waals surface area (Å²) in [5.41, 5.74) is 6.38. The van der Waals surface area contributed by atoms with Gasteiger partial charge in [-0.3, -0.25) is 4.79 Å². The lowest BCUT2D eigenvalue weighted by Crippen LogP contribution is -2.22. The Hall–Kier alpha value is -3.24. The molecule has 4 nitrogen and oxygen atoms in total. The predicted molar refractivity (Wildman–Crippen MR) is 135 cm³/mol. The van der Waals surface area contributed by atoms with Crippen molar-refractivity contribution in [2.24, 2.45) is 0 Å². The lowest BCUT2D eigenvalue weighted by Gasteiger charge is -2.11. The Labute approximate surface area is 200 Å². The van der Waals surface area contributed by atoms with E-state index in [1.807, 2.05) is 80.6 Å². The quantitative estimate of drug-likeness (QED) is 0.334. The summed E-state index contributed by atoms with van der Waals surface area (Å²) in [6.07, 6.45) is 0.138. The van der Waals surface area contributed by atoms with Crippen LogP contribution in [0, 0.1) is 13.8 Å². The lowest BCUT2D eigenvalue weighted by atomic mass is 10.1. The highest BCUT2D eigenvalue weighted by Crippen LogP contribution is 2.27. The molecule has 1 amide bonds. The van der Waals surface area contributed by atoms with Crippen LogP contribution in [0.1, 0.15) is 46.6 Å². The summed E-state index contributed by atoms with van der Waals surface area (Å²) >= 11 is 6.03. The molecule has 0 saturated heterocycles. The van der Waals surface area contributed by atoms with E-state index in [9.17, 15) is 4.79 Å². The van der Waals surface area contributed by atoms with Gasteiger partial charge in [0.05, 0.1) is 6.10 Å². The molecule has 0 fully saturated rings. The standard InChI is InChI=1S/C28H29ClN2O2/c1-18(2)33-25-12-7-21(8-13-25)16-30-28(32)23-9-14-27-26(15-23)19(3)20(4)31(27)17-22-5-10-24(29)11-6-22/h5-15,18H,16-17H2,1-4H3,(H,30,32). The number of carbonyl (C=O) groups is 1. The van der Waals surface area contributed by atoms with Crippen LogP contribution >= 0.6 is 11.6 Å². The van der Waals surface area contributed by atoms with E-state index in [0.717, 1.165) is 33.8 Å². The Morgan fingerprint density at radius 2 is 1.64 bits per heavy atom. The van der Waals surface area contributed by atoms with E-state index in [1.54, 1.807) is 0 Å². The average molecular weight is 461 g/mol. The molecular weight excluding hydrogens is 432 g/mol. The molecule has 33 heavy (non-hydrogen) atoms. The van der Waals surface area contributed by atoms with Gasteiger partial charge >= 0.3 is 0 Å². The maximum Gasteiger partial charge on any atom is 0.251 e. The second kappa shape index (κ2) is 9.72. The molecule has 3 aromatic carbocycles. The molecule has 0 atom stereocenters. The summed E-state index contributed by atoms with van der Waals surface area (Å²) in [6, 6.07) is 21.7. The molecule has 4 aromatic rings. The fourth-order valence-electron chi connectivity index (χ4n) is 4.01. The zero-order valence-electron chi connectivity index (χ0n) is 19.5. The van der Waals surface area contributed by atoms with E-state index in [1.165, 1.54) is 16.8 Å². The molecule has 0 aliphatic heterocycles. The Balaban J connectivity index is 1.50. The maximum absolute atomic E-state index is 12.8. The molecule has 0 aliphatic rings. The van der Waals surface area contributed by atoms with Crippen molar-refractivity contribution in [3.05, 3.63) is 99.7 Å². The molecular formula is C28H29ClN2O2. The van der Waals surface area contributed by atoms with Gasteiger partial charge in [-0.15, -0.1) is 0 Å². The summed E-state index contributed by atoms with van der Waals surface area (Å²) in [4.78, 5) is 12.8. The van der Waals surface area contributed by atoms with Gasteiger partial charge < -0.3 is 14.6 Å². The van der Waals surface area contributed by atoms with Crippen LogP contribution in [0.5, 0.6) is 5.75 Å². The van der Waals surface area contributed by atoms with Crippen molar-refractivity contribution in [1.29, 1.82) is 0 Å². The molecule has 4 rings (SSSR count). The number of aromatic nitrogens is 1. The van der Waals surface area contributed by atoms with Crippen molar-refractivity contribution in [3.8, 4) is 5.75 Å². The van der Waals surface area contributed by atoms with E-state index in [0.29, 0.717) is 12.1 Å². The Morgan fingerprint density at radius 1 is 0.970 bits per heavy atom. The fourth-order valence-corrected chi connectivity index (χ4v) is 4.14. The second-order valence-corrected chi connectivity index (χ2v) is 9.08. The number of amides is 1. The molecule has 5 heteroatoms. The number of benzene rings is 3. The summed E-state index contributed by atoms with van der Waals surface area (Å²) in [5.74, 6) is 0.751. The van der Waals surface area contributed by atoms with Crippen LogP contribution in [0.25, 0.3) is 10.9 Å². The van der Waals surface area contributed by atoms with Gasteiger partial charge in [0.1, 0.15) is 5.75 Å². The van der Waals surface area contributed by atoms with Gasteiger partial charge in [0.25, 0.3) is 5.91 Å². The number of hydrogen-bond acceptors (Lipinski definition) is 2. The average Bonchev–Trinajstić information content (AvgIpc) is 3.04. The van der Waals surface area contributed by atoms with Crippen molar-refractivity contribution in [1.82, 2.24) is 9.88 Å². The van der Waals surface area contributed by atoms with Gasteiger partial charge in [0.2, 0.25) is 0 Å². The normalized spacial score (nSPS) is 11.2. The van der Waals surface area contributed by atoms with Crippen molar-refractivity contribution < 1.29 is 9.53 Å². The molecule has 1 heterocycles. The van der Waals surface area contributed by atoms with Crippen LogP contribution in [0.3, 0.4) is 0 Å². The van der Waals surface area contributed by atoms with E-state index in [2.05, 4.69) is 23.7 Å². The number of nitrogens with zero attached hydrogens (tertiary/aromatic N) is 1. The maximum atomic E-state index is 12.8. The zero-order chi connectivity index (χ0) is 23.5. The number of hydrogen-bond donors (Lipinski definition) is 1. The predicted octanol–water partition coefficient (Wildman–Crippen LogP) is 6.68. The van der Waals surface area contributed by atoms with Crippen LogP contribution in [0.4, 0.5) is 0 Å². The molecule has 0 spiro atoms. The van der Waals surface area contributed by atoms with Crippen LogP contribution in [0.2, 0.25) is 5.02 Å². The molecule has 0 bridgehead atoms. The molecule has 170 valence electrons. The van der Waals surface area contributed by atoms with E-state index >= 15 is 0 Å². The first-order valence-electron chi connectivity index (χ1n) is 11.2. The van der Waals surface area contributed by atoms with Crippen molar-refractivity contribution in [2.75, 3.05) is 0 Å². The van der Waals surface area contributed by atoms with E-state index < -0.39 is 0 Å². The van der Waals surface area contributed by atoms with Gasteiger partial charge in [-0.05, 0) is 86.8 Å². The van der Waals surface area contributed by atoms with E-state index in [4.69, 9.17) is 16.3 Å². The number of aryl methyl sites for hydroxylation is 1. The highest BCUT2D eigenvalue weighted by molar-refractivity contribution is 6.30. The van der Waals surface area contributed by atoms with Gasteiger partial charge in [-0.2, -0.15) is 0 Å². The summed E-state index contributed by atoms with van der Waals surface area (Å²) in [6.45, 7) is 9.46. The third-order valence-electron chi connectivity index (χ3n) is 5.90. The third kappa shape index (κ3) is 5.23. The third-order valence-corrected chi connectivity index (χ3v) is 6.16. The number of halogens is 1. The first-order valence-corrected chi connectivity index (χ1v) is 11.6. The second-order valence-electron chi connectivity index (χ2n) is 8.65. The minimum Gasteiger partial charge on any atom is -0.491 e. The number of fused-ring (bicyclic) bond motifs is 1. The minimum atomic E-state index is -0.0816. The monoisotopic (exact) mass is 460 g/mol. The highest BCUT2D eigenvalue weighted by atomic mass is 35.5.